The van der Waals surface area contributed by atoms with Gasteiger partial charge in [0.1, 0.15) is 0 Å². The van der Waals surface area contributed by atoms with Crippen molar-refractivity contribution in [3.05, 3.63) is 23.8 Å². The second kappa shape index (κ2) is 3.86. The Balaban J connectivity index is 2.14. The van der Waals surface area contributed by atoms with Gasteiger partial charge >= 0.3 is 0 Å². The summed E-state index contributed by atoms with van der Waals surface area (Å²) < 4.78 is 0. The molecule has 0 radical (unpaired) electrons. The third kappa shape index (κ3) is 2.06. The summed E-state index contributed by atoms with van der Waals surface area (Å²) in [6.45, 7) is 2.01. The van der Waals surface area contributed by atoms with Gasteiger partial charge in [0, 0.05) is 18.3 Å². The molecule has 1 aromatic rings. The van der Waals surface area contributed by atoms with E-state index >= 15 is 0 Å². The molecular weight excluding hydrogens is 160 g/mol. The van der Waals surface area contributed by atoms with Crippen molar-refractivity contribution in [1.82, 2.24) is 9.97 Å². The van der Waals surface area contributed by atoms with Crippen LogP contribution in [0.25, 0.3) is 0 Å². The van der Waals surface area contributed by atoms with E-state index in [-0.39, 0.29) is 0 Å². The van der Waals surface area contributed by atoms with E-state index in [1.165, 1.54) is 37.8 Å². The molecule has 2 nitrogen and oxygen atoms in total. The normalized spacial score (nSPS) is 18.8. The second-order valence-corrected chi connectivity index (χ2v) is 3.92. The molecule has 2 heteroatoms. The van der Waals surface area contributed by atoms with Gasteiger partial charge in [-0.3, -0.25) is 9.97 Å². The Hall–Kier alpha value is -0.920. The van der Waals surface area contributed by atoms with Crippen LogP contribution in [-0.2, 0) is 0 Å². The van der Waals surface area contributed by atoms with E-state index < -0.39 is 0 Å². The predicted molar refractivity (Wildman–Crippen MR) is 52.6 cm³/mol. The van der Waals surface area contributed by atoms with E-state index in [1.807, 2.05) is 19.3 Å². The van der Waals surface area contributed by atoms with Gasteiger partial charge in [-0.1, -0.05) is 19.3 Å². The molecular formula is C11H16N2. The van der Waals surface area contributed by atoms with Crippen LogP contribution in [0.1, 0.15) is 49.4 Å². The van der Waals surface area contributed by atoms with Crippen molar-refractivity contribution in [2.24, 2.45) is 0 Å². The molecule has 0 bridgehead atoms. The highest BCUT2D eigenvalue weighted by atomic mass is 14.8. The molecule has 0 N–H and O–H groups in total. The molecule has 0 amide bonds. The van der Waals surface area contributed by atoms with Gasteiger partial charge in [0.25, 0.3) is 0 Å². The Morgan fingerprint density at radius 1 is 1.15 bits per heavy atom. The average Bonchev–Trinajstić information content (AvgIpc) is 2.19. The average molecular weight is 176 g/mol. The Morgan fingerprint density at radius 3 is 2.62 bits per heavy atom. The minimum absolute atomic E-state index is 0.682. The molecule has 0 aromatic carbocycles. The summed E-state index contributed by atoms with van der Waals surface area (Å²) in [5.41, 5.74) is 2.25. The number of nitrogens with zero attached hydrogens (tertiary/aromatic N) is 2. The first-order chi connectivity index (χ1) is 6.36. The van der Waals surface area contributed by atoms with Crippen molar-refractivity contribution in [1.29, 1.82) is 0 Å². The van der Waals surface area contributed by atoms with Gasteiger partial charge in [0.15, 0.2) is 0 Å². The predicted octanol–water partition coefficient (Wildman–Crippen LogP) is 2.83. The second-order valence-electron chi connectivity index (χ2n) is 3.92. The van der Waals surface area contributed by atoms with Crippen molar-refractivity contribution < 1.29 is 0 Å². The monoisotopic (exact) mass is 176 g/mol. The minimum atomic E-state index is 0.682. The number of hydrogen-bond acceptors (Lipinski definition) is 2. The molecule has 1 aliphatic rings. The van der Waals surface area contributed by atoms with Crippen LogP contribution in [0.3, 0.4) is 0 Å². The van der Waals surface area contributed by atoms with Gasteiger partial charge in [-0.25, -0.2) is 0 Å². The van der Waals surface area contributed by atoms with Crippen LogP contribution in [0.4, 0.5) is 0 Å². The highest BCUT2D eigenvalue weighted by Gasteiger charge is 2.16. The number of aromatic nitrogens is 2. The zero-order valence-corrected chi connectivity index (χ0v) is 8.16. The fourth-order valence-electron chi connectivity index (χ4n) is 2.08. The van der Waals surface area contributed by atoms with Gasteiger partial charge in [0.05, 0.1) is 11.4 Å². The van der Waals surface area contributed by atoms with Gasteiger partial charge in [-0.2, -0.15) is 0 Å². The van der Waals surface area contributed by atoms with Crippen LogP contribution in [0.15, 0.2) is 12.4 Å². The van der Waals surface area contributed by atoms with E-state index in [4.69, 9.17) is 0 Å². The molecule has 13 heavy (non-hydrogen) atoms. The summed E-state index contributed by atoms with van der Waals surface area (Å²) in [4.78, 5) is 8.73. The highest BCUT2D eigenvalue weighted by Crippen LogP contribution is 2.30. The van der Waals surface area contributed by atoms with Crippen LogP contribution in [0, 0.1) is 6.92 Å². The minimum Gasteiger partial charge on any atom is -0.261 e. The highest BCUT2D eigenvalue weighted by molar-refractivity contribution is 5.07. The third-order valence-corrected chi connectivity index (χ3v) is 2.80. The summed E-state index contributed by atoms with van der Waals surface area (Å²) in [6.07, 6.45) is 10.5. The van der Waals surface area contributed by atoms with E-state index in [1.54, 1.807) is 0 Å². The standard InChI is InChI=1S/C11H16N2/c1-9-7-12-8-11(13-9)10-5-3-2-4-6-10/h7-8,10H,2-6H2,1H3. The van der Waals surface area contributed by atoms with E-state index in [9.17, 15) is 0 Å². The van der Waals surface area contributed by atoms with Crippen LogP contribution in [0.2, 0.25) is 0 Å². The lowest BCUT2D eigenvalue weighted by Gasteiger charge is -2.20. The summed E-state index contributed by atoms with van der Waals surface area (Å²) in [6, 6.07) is 0. The maximum Gasteiger partial charge on any atom is 0.0620 e. The van der Waals surface area contributed by atoms with E-state index in [0.29, 0.717) is 5.92 Å². The van der Waals surface area contributed by atoms with Crippen molar-refractivity contribution in [2.45, 2.75) is 44.9 Å². The molecule has 1 aliphatic carbocycles. The third-order valence-electron chi connectivity index (χ3n) is 2.80. The molecule has 1 aromatic heterocycles. The topological polar surface area (TPSA) is 25.8 Å². The first-order valence-corrected chi connectivity index (χ1v) is 5.15. The van der Waals surface area contributed by atoms with Crippen molar-refractivity contribution in [3.63, 3.8) is 0 Å². The Kier molecular flexibility index (Phi) is 2.57. The molecule has 2 rings (SSSR count). The van der Waals surface area contributed by atoms with E-state index in [2.05, 4.69) is 9.97 Å². The van der Waals surface area contributed by atoms with Crippen LogP contribution < -0.4 is 0 Å². The fourth-order valence-corrected chi connectivity index (χ4v) is 2.08. The Bertz CT molecular complexity index is 277. The zero-order chi connectivity index (χ0) is 9.10. The molecule has 0 atom stereocenters. The molecule has 1 heterocycles. The SMILES string of the molecule is Cc1cncc(C2CCCCC2)n1. The lowest BCUT2D eigenvalue weighted by molar-refractivity contribution is 0.435. The van der Waals surface area contributed by atoms with Crippen molar-refractivity contribution in [3.8, 4) is 0 Å². The smallest absolute Gasteiger partial charge is 0.0620 e. The summed E-state index contributed by atoms with van der Waals surface area (Å²) in [7, 11) is 0. The molecule has 0 aliphatic heterocycles. The molecule has 0 unspecified atom stereocenters. The van der Waals surface area contributed by atoms with Crippen molar-refractivity contribution in [2.75, 3.05) is 0 Å². The molecule has 1 saturated carbocycles. The molecule has 1 fully saturated rings. The lowest BCUT2D eigenvalue weighted by Crippen LogP contribution is -2.07. The molecule has 70 valence electrons. The van der Waals surface area contributed by atoms with Crippen molar-refractivity contribution >= 4 is 0 Å². The van der Waals surface area contributed by atoms with Crippen LogP contribution >= 0.6 is 0 Å². The number of hydrogen-bond donors (Lipinski definition) is 0. The first kappa shape index (κ1) is 8.67. The maximum atomic E-state index is 4.53. The summed E-state index contributed by atoms with van der Waals surface area (Å²) >= 11 is 0. The van der Waals surface area contributed by atoms with Gasteiger partial charge < -0.3 is 0 Å². The van der Waals surface area contributed by atoms with Gasteiger partial charge in [-0.15, -0.1) is 0 Å². The van der Waals surface area contributed by atoms with Gasteiger partial charge in [0.2, 0.25) is 0 Å². The zero-order valence-electron chi connectivity index (χ0n) is 8.16. The van der Waals surface area contributed by atoms with E-state index in [0.717, 1.165) is 5.69 Å². The number of rotatable bonds is 1. The fraction of sp³-hybridized carbons (Fsp3) is 0.636. The first-order valence-electron chi connectivity index (χ1n) is 5.15. The largest absolute Gasteiger partial charge is 0.261 e. The Labute approximate surface area is 79.4 Å². The summed E-state index contributed by atoms with van der Waals surface area (Å²) in [5, 5.41) is 0. The lowest BCUT2D eigenvalue weighted by atomic mass is 9.87. The Morgan fingerprint density at radius 2 is 1.92 bits per heavy atom. The molecule has 0 spiro atoms. The van der Waals surface area contributed by atoms with Crippen LogP contribution in [-0.4, -0.2) is 9.97 Å². The van der Waals surface area contributed by atoms with Crippen LogP contribution in [0.5, 0.6) is 0 Å². The molecule has 0 saturated heterocycles. The quantitative estimate of drug-likeness (QED) is 0.657. The number of aryl methyl sites for hydroxylation is 1. The maximum absolute atomic E-state index is 4.53. The van der Waals surface area contributed by atoms with Gasteiger partial charge in [-0.05, 0) is 19.8 Å². The summed E-state index contributed by atoms with van der Waals surface area (Å²) in [5.74, 6) is 0.682.